The molecule has 20 heavy (non-hydrogen) atoms. The van der Waals surface area contributed by atoms with Gasteiger partial charge in [0.05, 0.1) is 18.2 Å². The first-order valence-corrected chi connectivity index (χ1v) is 8.10. The van der Waals surface area contributed by atoms with Gasteiger partial charge in [-0.25, -0.2) is 0 Å². The maximum Gasteiger partial charge on any atom is 0.223 e. The first kappa shape index (κ1) is 16.7. The van der Waals surface area contributed by atoms with Crippen LogP contribution in [-0.4, -0.2) is 34.4 Å². The molecule has 0 radical (unpaired) electrons. The van der Waals surface area contributed by atoms with Crippen molar-refractivity contribution in [3.63, 3.8) is 0 Å². The van der Waals surface area contributed by atoms with Gasteiger partial charge in [-0.2, -0.15) is 5.26 Å². The quantitative estimate of drug-likeness (QED) is 0.776. The van der Waals surface area contributed by atoms with E-state index in [0.717, 1.165) is 5.56 Å². The molecule has 1 atom stereocenters. The summed E-state index contributed by atoms with van der Waals surface area (Å²) in [5.74, 6) is 0.572. The van der Waals surface area contributed by atoms with Crippen molar-refractivity contribution in [2.75, 3.05) is 19.3 Å². The van der Waals surface area contributed by atoms with E-state index in [1.54, 1.807) is 13.1 Å². The van der Waals surface area contributed by atoms with Crippen LogP contribution in [-0.2, 0) is 21.3 Å². The second-order valence-electron chi connectivity index (χ2n) is 4.35. The molecule has 0 bridgehead atoms. The number of carbonyl (C=O) groups excluding carboxylic acids is 1. The van der Waals surface area contributed by atoms with Crippen LogP contribution in [0.1, 0.15) is 18.4 Å². The van der Waals surface area contributed by atoms with Crippen LogP contribution >= 0.6 is 11.6 Å². The Morgan fingerprint density at radius 2 is 2.15 bits per heavy atom. The SMILES string of the molecule is CN(CCC#N)C(=O)CCS(=O)Cc1ccccc1Cl. The van der Waals surface area contributed by atoms with Gasteiger partial charge in [-0.1, -0.05) is 29.8 Å². The zero-order valence-electron chi connectivity index (χ0n) is 11.3. The van der Waals surface area contributed by atoms with Crippen LogP contribution in [0, 0.1) is 11.3 Å². The summed E-state index contributed by atoms with van der Waals surface area (Å²) >= 11 is 6.00. The topological polar surface area (TPSA) is 61.2 Å². The summed E-state index contributed by atoms with van der Waals surface area (Å²) in [4.78, 5) is 13.2. The van der Waals surface area contributed by atoms with E-state index in [0.29, 0.717) is 29.5 Å². The fourth-order valence-electron chi connectivity index (χ4n) is 1.60. The first-order chi connectivity index (χ1) is 9.54. The lowest BCUT2D eigenvalue weighted by Crippen LogP contribution is -2.28. The monoisotopic (exact) mass is 312 g/mol. The molecule has 0 N–H and O–H groups in total. The minimum atomic E-state index is -1.12. The zero-order chi connectivity index (χ0) is 15.0. The lowest BCUT2D eigenvalue weighted by molar-refractivity contribution is -0.129. The molecule has 0 fully saturated rings. The van der Waals surface area contributed by atoms with Gasteiger partial charge in [0.15, 0.2) is 0 Å². The number of rotatable bonds is 7. The van der Waals surface area contributed by atoms with Crippen LogP contribution in [0.4, 0.5) is 0 Å². The molecule has 0 saturated heterocycles. The smallest absolute Gasteiger partial charge is 0.223 e. The van der Waals surface area contributed by atoms with Gasteiger partial charge in [-0.05, 0) is 11.6 Å². The van der Waals surface area contributed by atoms with Crippen molar-refractivity contribution >= 4 is 28.3 Å². The second-order valence-corrected chi connectivity index (χ2v) is 6.34. The summed E-state index contributed by atoms with van der Waals surface area (Å²) in [7, 11) is 0.528. The van der Waals surface area contributed by atoms with Crippen molar-refractivity contribution in [3.8, 4) is 6.07 Å². The lowest BCUT2D eigenvalue weighted by Gasteiger charge is -2.15. The summed E-state index contributed by atoms with van der Waals surface area (Å²) in [6.45, 7) is 0.409. The molecular weight excluding hydrogens is 296 g/mol. The second kappa shape index (κ2) is 8.72. The molecule has 0 spiro atoms. The molecule has 6 heteroatoms. The molecule has 1 aromatic rings. The van der Waals surface area contributed by atoms with E-state index < -0.39 is 10.8 Å². The van der Waals surface area contributed by atoms with Gasteiger partial charge in [-0.3, -0.25) is 9.00 Å². The van der Waals surface area contributed by atoms with Gasteiger partial charge in [0.1, 0.15) is 0 Å². The average molecular weight is 313 g/mol. The third-order valence-electron chi connectivity index (χ3n) is 2.80. The molecule has 0 saturated carbocycles. The standard InChI is InChI=1S/C14H17ClN2O2S/c1-17(9-4-8-16)14(18)7-10-20(19)11-12-5-2-3-6-13(12)15/h2-3,5-6H,4,7,9-11H2,1H3. The Morgan fingerprint density at radius 1 is 1.45 bits per heavy atom. The van der Waals surface area contributed by atoms with Gasteiger partial charge < -0.3 is 4.90 Å². The first-order valence-electron chi connectivity index (χ1n) is 6.24. The maximum atomic E-state index is 11.9. The molecular formula is C14H17ClN2O2S. The van der Waals surface area contributed by atoms with Crippen LogP contribution in [0.15, 0.2) is 24.3 Å². The van der Waals surface area contributed by atoms with E-state index in [-0.39, 0.29) is 12.3 Å². The highest BCUT2D eigenvalue weighted by molar-refractivity contribution is 7.84. The van der Waals surface area contributed by atoms with Gasteiger partial charge in [0.2, 0.25) is 5.91 Å². The number of halogens is 1. The zero-order valence-corrected chi connectivity index (χ0v) is 12.9. The van der Waals surface area contributed by atoms with Crippen LogP contribution < -0.4 is 0 Å². The molecule has 0 heterocycles. The van der Waals surface area contributed by atoms with Crippen molar-refractivity contribution in [1.29, 1.82) is 5.26 Å². The third-order valence-corrected chi connectivity index (χ3v) is 4.46. The summed E-state index contributed by atoms with van der Waals surface area (Å²) < 4.78 is 11.9. The molecule has 1 aromatic carbocycles. The van der Waals surface area contributed by atoms with Gasteiger partial charge in [0.25, 0.3) is 0 Å². The molecule has 4 nitrogen and oxygen atoms in total. The predicted molar refractivity (Wildman–Crippen MR) is 80.6 cm³/mol. The summed E-state index contributed by atoms with van der Waals surface area (Å²) in [6, 6.07) is 9.25. The van der Waals surface area contributed by atoms with E-state index in [1.165, 1.54) is 4.90 Å². The fourth-order valence-corrected chi connectivity index (χ4v) is 3.02. The van der Waals surface area contributed by atoms with Crippen molar-refractivity contribution in [3.05, 3.63) is 34.9 Å². The summed E-state index contributed by atoms with van der Waals surface area (Å²) in [5, 5.41) is 9.05. The van der Waals surface area contributed by atoms with Gasteiger partial charge >= 0.3 is 0 Å². The highest BCUT2D eigenvalue weighted by atomic mass is 35.5. The summed E-state index contributed by atoms with van der Waals surface area (Å²) in [6.07, 6.45) is 0.532. The van der Waals surface area contributed by atoms with E-state index >= 15 is 0 Å². The normalized spacial score (nSPS) is 11.7. The average Bonchev–Trinajstić information content (AvgIpc) is 2.44. The van der Waals surface area contributed by atoms with Crippen molar-refractivity contribution < 1.29 is 9.00 Å². The minimum Gasteiger partial charge on any atom is -0.345 e. The van der Waals surface area contributed by atoms with E-state index in [9.17, 15) is 9.00 Å². The van der Waals surface area contributed by atoms with E-state index in [1.807, 2.05) is 24.3 Å². The number of nitrogens with zero attached hydrogens (tertiary/aromatic N) is 2. The number of hydrogen-bond acceptors (Lipinski definition) is 3. The Bertz CT molecular complexity index is 528. The number of amides is 1. The molecule has 0 aliphatic heterocycles. The van der Waals surface area contributed by atoms with Crippen LogP contribution in [0.5, 0.6) is 0 Å². The van der Waals surface area contributed by atoms with Crippen LogP contribution in [0.3, 0.4) is 0 Å². The van der Waals surface area contributed by atoms with E-state index in [4.69, 9.17) is 16.9 Å². The Kier molecular flexibility index (Phi) is 7.27. The Labute approximate surface area is 126 Å². The van der Waals surface area contributed by atoms with Gasteiger partial charge in [-0.15, -0.1) is 0 Å². The number of nitriles is 1. The fraction of sp³-hybridized carbons (Fsp3) is 0.429. The van der Waals surface area contributed by atoms with Crippen LogP contribution in [0.2, 0.25) is 5.02 Å². The number of benzene rings is 1. The Balaban J connectivity index is 2.39. The molecule has 0 aliphatic carbocycles. The van der Waals surface area contributed by atoms with Crippen molar-refractivity contribution in [1.82, 2.24) is 4.90 Å². The molecule has 0 aromatic heterocycles. The number of hydrogen-bond donors (Lipinski definition) is 0. The van der Waals surface area contributed by atoms with Crippen molar-refractivity contribution in [2.24, 2.45) is 0 Å². The maximum absolute atomic E-state index is 11.9. The molecule has 0 aliphatic rings. The highest BCUT2D eigenvalue weighted by Crippen LogP contribution is 2.16. The van der Waals surface area contributed by atoms with Crippen LogP contribution in [0.25, 0.3) is 0 Å². The minimum absolute atomic E-state index is 0.0900. The molecule has 1 rings (SSSR count). The highest BCUT2D eigenvalue weighted by Gasteiger charge is 2.11. The summed E-state index contributed by atoms with van der Waals surface area (Å²) in [5.41, 5.74) is 0.831. The number of carbonyl (C=O) groups is 1. The molecule has 1 amide bonds. The van der Waals surface area contributed by atoms with Crippen molar-refractivity contribution in [2.45, 2.75) is 18.6 Å². The Hall–Kier alpha value is -1.38. The predicted octanol–water partition coefficient (Wildman–Crippen LogP) is 2.35. The molecule has 108 valence electrons. The third kappa shape index (κ3) is 5.72. The van der Waals surface area contributed by atoms with E-state index in [2.05, 4.69) is 0 Å². The van der Waals surface area contributed by atoms with Gasteiger partial charge in [0, 0.05) is 41.6 Å². The molecule has 1 unspecified atom stereocenters. The Morgan fingerprint density at radius 3 is 2.80 bits per heavy atom. The largest absolute Gasteiger partial charge is 0.345 e. The lowest BCUT2D eigenvalue weighted by atomic mass is 10.2.